The first-order valence-electron chi connectivity index (χ1n) is 27.4. The molecule has 0 aromatic heterocycles. The lowest BCUT2D eigenvalue weighted by Gasteiger charge is -2.20. The van der Waals surface area contributed by atoms with Crippen LogP contribution < -0.4 is 5.32 Å². The Hall–Kier alpha value is -2.18. The largest absolute Gasteiger partial charge is 0.466 e. The number of esters is 1. The number of rotatable bonds is 50. The Bertz CT molecular complexity index is 1070. The summed E-state index contributed by atoms with van der Waals surface area (Å²) < 4.78 is 5.46. The van der Waals surface area contributed by atoms with Crippen LogP contribution >= 0.6 is 0 Å². The van der Waals surface area contributed by atoms with E-state index in [1.54, 1.807) is 6.08 Å². The van der Waals surface area contributed by atoms with Gasteiger partial charge in [0.25, 0.3) is 0 Å². The summed E-state index contributed by atoms with van der Waals surface area (Å²) in [5.41, 5.74) is 0. The minimum atomic E-state index is -0.849. The lowest BCUT2D eigenvalue weighted by atomic mass is 10.0. The van der Waals surface area contributed by atoms with E-state index in [-0.39, 0.29) is 18.5 Å². The smallest absolute Gasteiger partial charge is 0.305 e. The SMILES string of the molecule is CCCC/C=C\C/C=C\CCCCCCCC(=O)OCCCCCCCCCCC/C=C\CCCCCCCCCC(=O)NC(CO)C(O)/C=C/CCCCCCCCCCCC. The lowest BCUT2D eigenvalue weighted by molar-refractivity contribution is -0.143. The molecule has 0 spiro atoms. The monoisotopic (exact) mass is 884 g/mol. The molecule has 0 heterocycles. The van der Waals surface area contributed by atoms with Crippen LogP contribution in [0.3, 0.4) is 0 Å². The summed E-state index contributed by atoms with van der Waals surface area (Å²) in [6.07, 6.45) is 65.5. The van der Waals surface area contributed by atoms with Crippen LogP contribution in [0, 0.1) is 0 Å². The lowest BCUT2D eigenvalue weighted by Crippen LogP contribution is -2.45. The molecule has 0 aliphatic heterocycles. The fourth-order valence-electron chi connectivity index (χ4n) is 8.06. The molecule has 0 aromatic rings. The average molecular weight is 884 g/mol. The highest BCUT2D eigenvalue weighted by Gasteiger charge is 2.18. The highest BCUT2D eigenvalue weighted by molar-refractivity contribution is 5.76. The minimum Gasteiger partial charge on any atom is -0.466 e. The molecule has 2 atom stereocenters. The fourth-order valence-corrected chi connectivity index (χ4v) is 8.06. The Labute approximate surface area is 391 Å². The van der Waals surface area contributed by atoms with Crippen LogP contribution in [0.1, 0.15) is 277 Å². The number of carbonyl (C=O) groups excluding carboxylic acids is 2. The summed E-state index contributed by atoms with van der Waals surface area (Å²) in [5, 5.41) is 23.0. The summed E-state index contributed by atoms with van der Waals surface area (Å²) in [6.45, 7) is 4.83. The molecule has 6 heteroatoms. The van der Waals surface area contributed by atoms with Crippen LogP contribution in [-0.4, -0.2) is 47.4 Å². The second-order valence-electron chi connectivity index (χ2n) is 18.5. The van der Waals surface area contributed by atoms with Crippen LogP contribution in [0.15, 0.2) is 48.6 Å². The average Bonchev–Trinajstić information content (AvgIpc) is 3.28. The van der Waals surface area contributed by atoms with E-state index in [4.69, 9.17) is 4.74 Å². The van der Waals surface area contributed by atoms with E-state index < -0.39 is 12.1 Å². The van der Waals surface area contributed by atoms with Crippen molar-refractivity contribution in [2.24, 2.45) is 0 Å². The van der Waals surface area contributed by atoms with Gasteiger partial charge in [0.05, 0.1) is 25.4 Å². The number of hydrogen-bond donors (Lipinski definition) is 3. The van der Waals surface area contributed by atoms with E-state index in [2.05, 4.69) is 55.6 Å². The molecule has 0 bridgehead atoms. The van der Waals surface area contributed by atoms with Gasteiger partial charge in [-0.1, -0.05) is 229 Å². The van der Waals surface area contributed by atoms with Crippen molar-refractivity contribution in [3.63, 3.8) is 0 Å². The summed E-state index contributed by atoms with van der Waals surface area (Å²) in [5.74, 6) is -0.0886. The normalized spacial score (nSPS) is 13.0. The van der Waals surface area contributed by atoms with Crippen molar-refractivity contribution in [2.45, 2.75) is 289 Å². The van der Waals surface area contributed by atoms with Gasteiger partial charge < -0.3 is 20.3 Å². The van der Waals surface area contributed by atoms with Crippen molar-refractivity contribution in [3.05, 3.63) is 48.6 Å². The Morgan fingerprint density at radius 2 is 0.810 bits per heavy atom. The molecule has 63 heavy (non-hydrogen) atoms. The highest BCUT2D eigenvalue weighted by Crippen LogP contribution is 2.15. The van der Waals surface area contributed by atoms with Crippen molar-refractivity contribution < 1.29 is 24.5 Å². The van der Waals surface area contributed by atoms with Gasteiger partial charge >= 0.3 is 5.97 Å². The van der Waals surface area contributed by atoms with Crippen molar-refractivity contribution in [3.8, 4) is 0 Å². The van der Waals surface area contributed by atoms with Gasteiger partial charge in [0.1, 0.15) is 0 Å². The molecule has 0 aliphatic rings. The first-order chi connectivity index (χ1) is 31.0. The molecule has 0 saturated carbocycles. The molecular weight excluding hydrogens is 779 g/mol. The van der Waals surface area contributed by atoms with Crippen LogP contribution in [0.2, 0.25) is 0 Å². The third kappa shape index (κ3) is 49.1. The van der Waals surface area contributed by atoms with Crippen molar-refractivity contribution >= 4 is 11.9 Å². The zero-order chi connectivity index (χ0) is 45.8. The van der Waals surface area contributed by atoms with E-state index in [0.717, 1.165) is 57.8 Å². The van der Waals surface area contributed by atoms with Gasteiger partial charge in [-0.15, -0.1) is 0 Å². The van der Waals surface area contributed by atoms with E-state index in [1.165, 1.54) is 193 Å². The first-order valence-corrected chi connectivity index (χ1v) is 27.4. The quantitative estimate of drug-likeness (QED) is 0.0321. The first kappa shape index (κ1) is 60.8. The Kier molecular flexibility index (Phi) is 50.6. The topological polar surface area (TPSA) is 95.9 Å². The van der Waals surface area contributed by atoms with Gasteiger partial charge in [0.15, 0.2) is 0 Å². The van der Waals surface area contributed by atoms with Crippen LogP contribution in [0.5, 0.6) is 0 Å². The fraction of sp³-hybridized carbons (Fsp3) is 0.825. The molecule has 0 aliphatic carbocycles. The standard InChI is InChI=1S/C57H105NO5/c1-3-5-7-9-11-13-15-17-27-31-35-39-43-47-51-57(62)63-52-48-44-40-36-32-28-25-23-21-19-18-20-22-24-26-30-34-38-42-46-50-56(61)58-54(53-59)55(60)49-45-41-37-33-29-16-14-12-10-8-6-4-2/h9,11,15,17-18,20,45,49,54-55,59-60H,3-8,10,12-14,16,19,21-44,46-48,50-53H2,1-2H3,(H,58,61)/b11-9-,17-15-,20-18-,49-45+. The number of nitrogens with one attached hydrogen (secondary N) is 1. The number of hydrogen-bond acceptors (Lipinski definition) is 5. The van der Waals surface area contributed by atoms with E-state index in [0.29, 0.717) is 19.4 Å². The third-order valence-corrected chi connectivity index (χ3v) is 12.3. The summed E-state index contributed by atoms with van der Waals surface area (Å²) >= 11 is 0. The second kappa shape index (κ2) is 52.4. The van der Waals surface area contributed by atoms with Crippen molar-refractivity contribution in [1.82, 2.24) is 5.32 Å². The third-order valence-electron chi connectivity index (χ3n) is 12.3. The molecule has 2 unspecified atom stereocenters. The number of allylic oxidation sites excluding steroid dienone is 7. The van der Waals surface area contributed by atoms with Gasteiger partial charge in [-0.05, 0) is 83.5 Å². The molecule has 0 rings (SSSR count). The summed E-state index contributed by atoms with van der Waals surface area (Å²) in [4.78, 5) is 24.4. The zero-order valence-corrected chi connectivity index (χ0v) is 41.8. The Morgan fingerprint density at radius 1 is 0.444 bits per heavy atom. The zero-order valence-electron chi connectivity index (χ0n) is 41.8. The molecule has 3 N–H and O–H groups in total. The minimum absolute atomic E-state index is 0.00996. The van der Waals surface area contributed by atoms with E-state index in [9.17, 15) is 19.8 Å². The maximum absolute atomic E-state index is 12.4. The van der Waals surface area contributed by atoms with E-state index >= 15 is 0 Å². The number of ether oxygens (including phenoxy) is 1. The predicted molar refractivity (Wildman–Crippen MR) is 273 cm³/mol. The van der Waals surface area contributed by atoms with E-state index in [1.807, 2.05) is 6.08 Å². The Morgan fingerprint density at radius 3 is 1.27 bits per heavy atom. The van der Waals surface area contributed by atoms with Gasteiger partial charge in [0.2, 0.25) is 5.91 Å². The predicted octanol–water partition coefficient (Wildman–Crippen LogP) is 16.6. The summed E-state index contributed by atoms with van der Waals surface area (Å²) in [7, 11) is 0. The highest BCUT2D eigenvalue weighted by atomic mass is 16.5. The molecule has 6 nitrogen and oxygen atoms in total. The molecular formula is C57H105NO5. The van der Waals surface area contributed by atoms with Crippen LogP contribution in [0.25, 0.3) is 0 Å². The Balaban J connectivity index is 3.46. The molecule has 1 amide bonds. The van der Waals surface area contributed by atoms with Gasteiger partial charge in [0, 0.05) is 12.8 Å². The molecule has 0 radical (unpaired) electrons. The molecule has 0 fully saturated rings. The number of aliphatic hydroxyl groups excluding tert-OH is 2. The summed E-state index contributed by atoms with van der Waals surface area (Å²) in [6, 6.07) is -0.634. The number of aliphatic hydroxyl groups is 2. The van der Waals surface area contributed by atoms with Crippen molar-refractivity contribution in [1.29, 1.82) is 0 Å². The van der Waals surface area contributed by atoms with Crippen LogP contribution in [0.4, 0.5) is 0 Å². The molecule has 0 aromatic carbocycles. The maximum atomic E-state index is 12.4. The number of unbranched alkanes of at least 4 members (excludes halogenated alkanes) is 33. The number of amides is 1. The maximum Gasteiger partial charge on any atom is 0.305 e. The van der Waals surface area contributed by atoms with Crippen LogP contribution in [-0.2, 0) is 14.3 Å². The van der Waals surface area contributed by atoms with Gasteiger partial charge in [-0.25, -0.2) is 0 Å². The van der Waals surface area contributed by atoms with Gasteiger partial charge in [-0.3, -0.25) is 9.59 Å². The second-order valence-corrected chi connectivity index (χ2v) is 18.5. The van der Waals surface area contributed by atoms with Crippen molar-refractivity contribution in [2.75, 3.05) is 13.2 Å². The number of carbonyl (C=O) groups is 2. The van der Waals surface area contributed by atoms with Gasteiger partial charge in [-0.2, -0.15) is 0 Å². The molecule has 368 valence electrons. The molecule has 0 saturated heterocycles.